The van der Waals surface area contributed by atoms with Gasteiger partial charge in [0.15, 0.2) is 0 Å². The number of rotatable bonds is 5. The van der Waals surface area contributed by atoms with Crippen LogP contribution in [-0.2, 0) is 6.42 Å². The second-order valence-electron chi connectivity index (χ2n) is 4.06. The number of benzene rings is 1. The van der Waals surface area contributed by atoms with Crippen LogP contribution in [-0.4, -0.2) is 17.0 Å². The summed E-state index contributed by atoms with van der Waals surface area (Å²) >= 11 is 5.09. The topological polar surface area (TPSA) is 37.8 Å². The Balaban J connectivity index is 2.23. The highest BCUT2D eigenvalue weighted by atomic mass is 79.9. The van der Waals surface area contributed by atoms with E-state index in [2.05, 4.69) is 50.3 Å². The quantitative estimate of drug-likeness (QED) is 0.821. The Morgan fingerprint density at radius 2 is 1.95 bits per heavy atom. The molecule has 0 amide bonds. The van der Waals surface area contributed by atoms with Crippen molar-refractivity contribution in [2.75, 3.05) is 12.4 Å². The van der Waals surface area contributed by atoms with Gasteiger partial charge in [-0.1, -0.05) is 34.6 Å². The van der Waals surface area contributed by atoms with Crippen molar-refractivity contribution in [2.45, 2.75) is 29.7 Å². The van der Waals surface area contributed by atoms with E-state index in [0.29, 0.717) is 0 Å². The summed E-state index contributed by atoms with van der Waals surface area (Å²) in [4.78, 5) is 10.2. The standard InChI is InChI=1S/C14H16BrN3S/c1-3-4-12-17-13(16-2)9-14(18-12)19-11-7-5-10(15)6-8-11/h5-9H,3-4H2,1-2H3,(H,16,17,18). The highest BCUT2D eigenvalue weighted by Gasteiger charge is 2.05. The fraction of sp³-hybridized carbons (Fsp3) is 0.286. The number of nitrogens with zero attached hydrogens (tertiary/aromatic N) is 2. The number of hydrogen-bond acceptors (Lipinski definition) is 4. The van der Waals surface area contributed by atoms with Crippen LogP contribution < -0.4 is 5.32 Å². The summed E-state index contributed by atoms with van der Waals surface area (Å²) in [7, 11) is 1.88. The largest absolute Gasteiger partial charge is 0.373 e. The monoisotopic (exact) mass is 337 g/mol. The van der Waals surface area contributed by atoms with Crippen molar-refractivity contribution in [3.63, 3.8) is 0 Å². The number of aryl methyl sites for hydroxylation is 1. The van der Waals surface area contributed by atoms with E-state index in [4.69, 9.17) is 0 Å². The van der Waals surface area contributed by atoms with Gasteiger partial charge in [0.2, 0.25) is 0 Å². The van der Waals surface area contributed by atoms with E-state index in [1.165, 1.54) is 4.90 Å². The zero-order valence-electron chi connectivity index (χ0n) is 11.0. The molecule has 0 aliphatic heterocycles. The van der Waals surface area contributed by atoms with Gasteiger partial charge in [0.1, 0.15) is 16.7 Å². The molecule has 0 aliphatic rings. The van der Waals surface area contributed by atoms with Gasteiger partial charge in [0.05, 0.1) is 0 Å². The summed E-state index contributed by atoms with van der Waals surface area (Å²) in [6.45, 7) is 2.14. The fourth-order valence-corrected chi connectivity index (χ4v) is 2.71. The SMILES string of the molecule is CCCc1nc(NC)cc(Sc2ccc(Br)cc2)n1. The Hall–Kier alpha value is -1.07. The lowest BCUT2D eigenvalue weighted by molar-refractivity contribution is 0.811. The van der Waals surface area contributed by atoms with E-state index < -0.39 is 0 Å². The molecule has 100 valence electrons. The molecule has 19 heavy (non-hydrogen) atoms. The average Bonchev–Trinajstić information content (AvgIpc) is 2.41. The third-order valence-electron chi connectivity index (χ3n) is 2.51. The fourth-order valence-electron chi connectivity index (χ4n) is 1.61. The maximum atomic E-state index is 4.59. The molecule has 0 aliphatic carbocycles. The third kappa shape index (κ3) is 4.21. The van der Waals surface area contributed by atoms with Gasteiger partial charge in [0.25, 0.3) is 0 Å². The number of anilines is 1. The Morgan fingerprint density at radius 1 is 1.21 bits per heavy atom. The lowest BCUT2D eigenvalue weighted by atomic mass is 10.3. The van der Waals surface area contributed by atoms with Crippen molar-refractivity contribution in [3.8, 4) is 0 Å². The van der Waals surface area contributed by atoms with Gasteiger partial charge in [-0.15, -0.1) is 0 Å². The highest BCUT2D eigenvalue weighted by molar-refractivity contribution is 9.10. The van der Waals surface area contributed by atoms with Gasteiger partial charge < -0.3 is 5.32 Å². The van der Waals surface area contributed by atoms with Crippen LogP contribution in [0.2, 0.25) is 0 Å². The smallest absolute Gasteiger partial charge is 0.132 e. The molecular weight excluding hydrogens is 322 g/mol. The molecule has 0 saturated heterocycles. The zero-order chi connectivity index (χ0) is 13.7. The molecule has 0 spiro atoms. The maximum Gasteiger partial charge on any atom is 0.132 e. The van der Waals surface area contributed by atoms with Crippen LogP contribution in [0, 0.1) is 0 Å². The second-order valence-corrected chi connectivity index (χ2v) is 6.07. The number of nitrogens with one attached hydrogen (secondary N) is 1. The highest BCUT2D eigenvalue weighted by Crippen LogP contribution is 2.28. The van der Waals surface area contributed by atoms with E-state index in [1.54, 1.807) is 11.8 Å². The summed E-state index contributed by atoms with van der Waals surface area (Å²) in [5.74, 6) is 1.77. The molecule has 0 fully saturated rings. The molecule has 0 bridgehead atoms. The molecule has 3 nitrogen and oxygen atoms in total. The van der Waals surface area contributed by atoms with Crippen molar-refractivity contribution in [2.24, 2.45) is 0 Å². The first kappa shape index (κ1) is 14.3. The molecule has 1 aromatic heterocycles. The first-order chi connectivity index (χ1) is 9.21. The van der Waals surface area contributed by atoms with Gasteiger partial charge in [-0.3, -0.25) is 0 Å². The van der Waals surface area contributed by atoms with Crippen molar-refractivity contribution in [3.05, 3.63) is 40.6 Å². The van der Waals surface area contributed by atoms with Crippen LogP contribution in [0.3, 0.4) is 0 Å². The summed E-state index contributed by atoms with van der Waals surface area (Å²) < 4.78 is 1.09. The van der Waals surface area contributed by atoms with Crippen molar-refractivity contribution in [1.82, 2.24) is 9.97 Å². The van der Waals surface area contributed by atoms with E-state index in [-0.39, 0.29) is 0 Å². The summed E-state index contributed by atoms with van der Waals surface area (Å²) in [5, 5.41) is 4.07. The first-order valence-corrected chi connectivity index (χ1v) is 7.81. The van der Waals surface area contributed by atoms with Crippen LogP contribution in [0.15, 0.2) is 44.7 Å². The van der Waals surface area contributed by atoms with Crippen molar-refractivity contribution in [1.29, 1.82) is 0 Å². The molecule has 1 heterocycles. The second kappa shape index (κ2) is 6.91. The van der Waals surface area contributed by atoms with Crippen LogP contribution in [0.1, 0.15) is 19.2 Å². The molecule has 0 unspecified atom stereocenters. The van der Waals surface area contributed by atoms with Crippen molar-refractivity contribution < 1.29 is 0 Å². The Bertz CT molecular complexity index is 543. The maximum absolute atomic E-state index is 4.59. The molecule has 2 aromatic rings. The number of halogens is 1. The Morgan fingerprint density at radius 3 is 2.58 bits per heavy atom. The zero-order valence-corrected chi connectivity index (χ0v) is 13.4. The minimum absolute atomic E-state index is 0.873. The molecule has 1 aromatic carbocycles. The van der Waals surface area contributed by atoms with Crippen LogP contribution in [0.4, 0.5) is 5.82 Å². The molecule has 0 atom stereocenters. The van der Waals surface area contributed by atoms with Gasteiger partial charge >= 0.3 is 0 Å². The molecule has 1 N–H and O–H groups in total. The molecule has 2 rings (SSSR count). The molecule has 0 radical (unpaired) electrons. The Kier molecular flexibility index (Phi) is 5.22. The lowest BCUT2D eigenvalue weighted by Gasteiger charge is -2.07. The minimum atomic E-state index is 0.873. The van der Waals surface area contributed by atoms with E-state index in [9.17, 15) is 0 Å². The normalized spacial score (nSPS) is 10.5. The molecule has 5 heteroatoms. The Labute approximate surface area is 126 Å². The van der Waals surface area contributed by atoms with E-state index in [0.717, 1.165) is 34.0 Å². The summed E-state index contributed by atoms with van der Waals surface area (Å²) in [6.07, 6.45) is 1.96. The van der Waals surface area contributed by atoms with Crippen LogP contribution in [0.25, 0.3) is 0 Å². The minimum Gasteiger partial charge on any atom is -0.373 e. The first-order valence-electron chi connectivity index (χ1n) is 6.20. The van der Waals surface area contributed by atoms with Gasteiger partial charge in [-0.05, 0) is 30.7 Å². The van der Waals surface area contributed by atoms with Crippen LogP contribution in [0.5, 0.6) is 0 Å². The third-order valence-corrected chi connectivity index (χ3v) is 3.97. The van der Waals surface area contributed by atoms with Crippen LogP contribution >= 0.6 is 27.7 Å². The van der Waals surface area contributed by atoms with Gasteiger partial charge in [-0.25, -0.2) is 9.97 Å². The lowest BCUT2D eigenvalue weighted by Crippen LogP contribution is -2.01. The van der Waals surface area contributed by atoms with E-state index in [1.807, 2.05) is 25.2 Å². The van der Waals surface area contributed by atoms with Gasteiger partial charge in [-0.2, -0.15) is 0 Å². The summed E-state index contributed by atoms with van der Waals surface area (Å²) in [6, 6.07) is 10.2. The van der Waals surface area contributed by atoms with Gasteiger partial charge in [0, 0.05) is 28.9 Å². The molecule has 0 saturated carbocycles. The predicted molar refractivity (Wildman–Crippen MR) is 83.8 cm³/mol. The number of hydrogen-bond donors (Lipinski definition) is 1. The summed E-state index contributed by atoms with van der Waals surface area (Å²) in [5.41, 5.74) is 0. The van der Waals surface area contributed by atoms with Crippen molar-refractivity contribution >= 4 is 33.5 Å². The number of aromatic nitrogens is 2. The molecular formula is C14H16BrN3S. The predicted octanol–water partition coefficient (Wildman–Crippen LogP) is 4.38. The average molecular weight is 338 g/mol. The van der Waals surface area contributed by atoms with E-state index >= 15 is 0 Å².